The molecule has 1 atom stereocenters. The molecule has 1 amide bonds. The second-order valence-corrected chi connectivity index (χ2v) is 5.72. The number of aromatic nitrogens is 4. The SMILES string of the molecule is O=C1NCCCC1n1ccnc1-c1cc(F)ccc1-n1cccn1. The van der Waals surface area contributed by atoms with Gasteiger partial charge in [0, 0.05) is 36.9 Å². The summed E-state index contributed by atoms with van der Waals surface area (Å²) in [5.41, 5.74) is 1.31. The normalized spacial score (nSPS) is 17.7. The lowest BCUT2D eigenvalue weighted by Gasteiger charge is -2.25. The summed E-state index contributed by atoms with van der Waals surface area (Å²) < 4.78 is 17.4. The standard InChI is InChI=1S/C17H16FN5O/c18-12-4-5-14(23-9-2-7-21-23)13(11-12)16-19-8-10-22(16)15-3-1-6-20-17(15)24/h2,4-5,7-11,15H,1,3,6H2,(H,20,24). The number of hydrogen-bond donors (Lipinski definition) is 1. The number of carbonyl (C=O) groups excluding carboxylic acids is 1. The van der Waals surface area contributed by atoms with Crippen LogP contribution in [-0.2, 0) is 4.79 Å². The van der Waals surface area contributed by atoms with Crippen molar-refractivity contribution in [3.05, 3.63) is 54.9 Å². The summed E-state index contributed by atoms with van der Waals surface area (Å²) in [6.07, 6.45) is 8.49. The molecule has 3 heterocycles. The molecule has 122 valence electrons. The molecule has 6 nitrogen and oxygen atoms in total. The van der Waals surface area contributed by atoms with E-state index in [2.05, 4.69) is 15.4 Å². The van der Waals surface area contributed by atoms with Gasteiger partial charge in [0.25, 0.3) is 0 Å². The maximum atomic E-state index is 13.9. The molecule has 1 N–H and O–H groups in total. The van der Waals surface area contributed by atoms with Gasteiger partial charge in [-0.1, -0.05) is 0 Å². The van der Waals surface area contributed by atoms with Gasteiger partial charge in [-0.2, -0.15) is 5.10 Å². The molecule has 1 unspecified atom stereocenters. The molecule has 0 spiro atoms. The minimum atomic E-state index is -0.358. The average Bonchev–Trinajstić information content (AvgIpc) is 3.27. The Morgan fingerprint density at radius 3 is 2.96 bits per heavy atom. The van der Waals surface area contributed by atoms with Crippen molar-refractivity contribution in [3.63, 3.8) is 0 Å². The highest BCUT2D eigenvalue weighted by molar-refractivity contribution is 5.82. The lowest BCUT2D eigenvalue weighted by molar-refractivity contribution is -0.125. The van der Waals surface area contributed by atoms with Crippen molar-refractivity contribution in [2.45, 2.75) is 18.9 Å². The van der Waals surface area contributed by atoms with Gasteiger partial charge in [0.1, 0.15) is 17.7 Å². The number of rotatable bonds is 3. The Bertz CT molecular complexity index is 871. The first-order valence-corrected chi connectivity index (χ1v) is 7.84. The molecule has 0 aliphatic carbocycles. The molecule has 1 aliphatic heterocycles. The van der Waals surface area contributed by atoms with Crippen LogP contribution in [0.15, 0.2) is 49.1 Å². The van der Waals surface area contributed by atoms with Gasteiger partial charge in [-0.3, -0.25) is 4.79 Å². The molecule has 4 rings (SSSR count). The van der Waals surface area contributed by atoms with E-state index < -0.39 is 0 Å². The van der Waals surface area contributed by atoms with Gasteiger partial charge in [0.05, 0.1) is 5.69 Å². The van der Waals surface area contributed by atoms with E-state index in [9.17, 15) is 9.18 Å². The predicted molar refractivity (Wildman–Crippen MR) is 86.0 cm³/mol. The minimum Gasteiger partial charge on any atom is -0.354 e. The fourth-order valence-electron chi connectivity index (χ4n) is 3.09. The second-order valence-electron chi connectivity index (χ2n) is 5.72. The largest absolute Gasteiger partial charge is 0.354 e. The number of nitrogens with one attached hydrogen (secondary N) is 1. The molecule has 2 aromatic heterocycles. The lowest BCUT2D eigenvalue weighted by atomic mass is 10.1. The monoisotopic (exact) mass is 325 g/mol. The maximum absolute atomic E-state index is 13.9. The Morgan fingerprint density at radius 2 is 2.17 bits per heavy atom. The van der Waals surface area contributed by atoms with Crippen molar-refractivity contribution in [2.75, 3.05) is 6.54 Å². The average molecular weight is 325 g/mol. The zero-order valence-electron chi connectivity index (χ0n) is 12.9. The van der Waals surface area contributed by atoms with Crippen LogP contribution in [0.5, 0.6) is 0 Å². The van der Waals surface area contributed by atoms with Gasteiger partial charge in [-0.05, 0) is 37.1 Å². The molecule has 7 heteroatoms. The van der Waals surface area contributed by atoms with Crippen molar-refractivity contribution in [3.8, 4) is 17.1 Å². The van der Waals surface area contributed by atoms with Crippen LogP contribution in [0.1, 0.15) is 18.9 Å². The number of halogens is 1. The Balaban J connectivity index is 1.85. The molecule has 0 bridgehead atoms. The van der Waals surface area contributed by atoms with Crippen LogP contribution in [0, 0.1) is 5.82 Å². The molecule has 1 saturated heterocycles. The topological polar surface area (TPSA) is 64.7 Å². The summed E-state index contributed by atoms with van der Waals surface area (Å²) in [7, 11) is 0. The summed E-state index contributed by atoms with van der Waals surface area (Å²) in [5, 5.41) is 7.10. The third-order valence-corrected chi connectivity index (χ3v) is 4.21. The fourth-order valence-corrected chi connectivity index (χ4v) is 3.09. The van der Waals surface area contributed by atoms with Crippen LogP contribution in [-0.4, -0.2) is 31.8 Å². The van der Waals surface area contributed by atoms with Gasteiger partial charge >= 0.3 is 0 Å². The summed E-state index contributed by atoms with van der Waals surface area (Å²) in [6.45, 7) is 0.692. The van der Waals surface area contributed by atoms with E-state index >= 15 is 0 Å². The molecule has 3 aromatic rings. The summed E-state index contributed by atoms with van der Waals surface area (Å²) in [4.78, 5) is 16.6. The first-order chi connectivity index (χ1) is 11.7. The molecular weight excluding hydrogens is 309 g/mol. The zero-order chi connectivity index (χ0) is 16.5. The minimum absolute atomic E-state index is 0.0301. The highest BCUT2D eigenvalue weighted by Gasteiger charge is 2.26. The van der Waals surface area contributed by atoms with Crippen LogP contribution < -0.4 is 5.32 Å². The summed E-state index contributed by atoms with van der Waals surface area (Å²) in [6, 6.07) is 5.95. The van der Waals surface area contributed by atoms with Crippen LogP contribution >= 0.6 is 0 Å². The lowest BCUT2D eigenvalue weighted by Crippen LogP contribution is -2.37. The first kappa shape index (κ1) is 14.6. The molecular formula is C17H16FN5O. The Kier molecular flexibility index (Phi) is 3.60. The summed E-state index contributed by atoms with van der Waals surface area (Å²) >= 11 is 0. The maximum Gasteiger partial charge on any atom is 0.243 e. The van der Waals surface area contributed by atoms with Crippen LogP contribution in [0.3, 0.4) is 0 Å². The van der Waals surface area contributed by atoms with Crippen molar-refractivity contribution in [1.29, 1.82) is 0 Å². The third-order valence-electron chi connectivity index (χ3n) is 4.21. The number of benzene rings is 1. The molecule has 1 aliphatic rings. The van der Waals surface area contributed by atoms with Gasteiger partial charge in [-0.25, -0.2) is 14.1 Å². The Hall–Kier alpha value is -2.96. The zero-order valence-corrected chi connectivity index (χ0v) is 12.9. The fraction of sp³-hybridized carbons (Fsp3) is 0.235. The molecule has 0 saturated carbocycles. The Labute approximate surface area is 137 Å². The highest BCUT2D eigenvalue weighted by atomic mass is 19.1. The van der Waals surface area contributed by atoms with Crippen LogP contribution in [0.2, 0.25) is 0 Å². The summed E-state index contributed by atoms with van der Waals surface area (Å²) in [5.74, 6) is 0.170. The van der Waals surface area contributed by atoms with E-state index in [0.717, 1.165) is 12.8 Å². The smallest absolute Gasteiger partial charge is 0.243 e. The van der Waals surface area contributed by atoms with Gasteiger partial charge in [0.2, 0.25) is 5.91 Å². The van der Waals surface area contributed by atoms with Crippen LogP contribution in [0.4, 0.5) is 4.39 Å². The van der Waals surface area contributed by atoms with Gasteiger partial charge < -0.3 is 9.88 Å². The van der Waals surface area contributed by atoms with E-state index in [0.29, 0.717) is 23.6 Å². The van der Waals surface area contributed by atoms with Crippen LogP contribution in [0.25, 0.3) is 17.1 Å². The molecule has 1 fully saturated rings. The van der Waals surface area contributed by atoms with E-state index in [1.807, 2.05) is 4.57 Å². The number of hydrogen-bond acceptors (Lipinski definition) is 3. The second kappa shape index (κ2) is 5.92. The number of piperidine rings is 1. The van der Waals surface area contributed by atoms with E-state index in [1.165, 1.54) is 12.1 Å². The molecule has 24 heavy (non-hydrogen) atoms. The van der Waals surface area contributed by atoms with Crippen molar-refractivity contribution in [1.82, 2.24) is 24.6 Å². The Morgan fingerprint density at radius 1 is 1.25 bits per heavy atom. The van der Waals surface area contributed by atoms with Gasteiger partial charge in [-0.15, -0.1) is 0 Å². The molecule has 1 aromatic carbocycles. The van der Waals surface area contributed by atoms with E-state index in [-0.39, 0.29) is 17.8 Å². The van der Waals surface area contributed by atoms with Crippen molar-refractivity contribution >= 4 is 5.91 Å². The third kappa shape index (κ3) is 2.47. The van der Waals surface area contributed by atoms with E-state index in [1.54, 1.807) is 41.6 Å². The number of imidazole rings is 1. The van der Waals surface area contributed by atoms with Crippen molar-refractivity contribution < 1.29 is 9.18 Å². The van der Waals surface area contributed by atoms with E-state index in [4.69, 9.17) is 0 Å². The molecule has 0 radical (unpaired) electrons. The number of nitrogens with zero attached hydrogens (tertiary/aromatic N) is 4. The quantitative estimate of drug-likeness (QED) is 0.804. The number of amides is 1. The first-order valence-electron chi connectivity index (χ1n) is 7.84. The predicted octanol–water partition coefficient (Wildman–Crippen LogP) is 2.33. The highest BCUT2D eigenvalue weighted by Crippen LogP contribution is 2.30. The van der Waals surface area contributed by atoms with Gasteiger partial charge in [0.15, 0.2) is 0 Å². The van der Waals surface area contributed by atoms with Crippen molar-refractivity contribution in [2.24, 2.45) is 0 Å². The number of carbonyl (C=O) groups is 1.